The topological polar surface area (TPSA) is 87.3 Å². The molecule has 1 atom stereocenters. The Morgan fingerprint density at radius 2 is 1.95 bits per heavy atom. The Kier molecular flexibility index (Phi) is 4.73. The molecule has 1 unspecified atom stereocenters. The predicted octanol–water partition coefficient (Wildman–Crippen LogP) is 0.706. The maximum Gasteiger partial charge on any atom is 0.322 e. The zero-order valence-corrected chi connectivity index (χ0v) is 12.2. The number of benzene rings is 1. The van der Waals surface area contributed by atoms with Crippen molar-refractivity contribution in [2.24, 2.45) is 0 Å². The molecule has 2 rings (SSSR count). The number of rotatable bonds is 5. The molecule has 1 aromatic rings. The zero-order valence-electron chi connectivity index (χ0n) is 10.6. The first-order valence-corrected chi connectivity index (χ1v) is 6.96. The van der Waals surface area contributed by atoms with E-state index in [1.54, 1.807) is 0 Å². The summed E-state index contributed by atoms with van der Waals surface area (Å²) in [6.45, 7) is 0.489. The summed E-state index contributed by atoms with van der Waals surface area (Å²) in [5, 5.41) is 7.20. The standard InChI is InChI=1S/C13H14BrN3O3/c14-9-3-1-8(2-4-9)5-6-15-11(18)7-10-12(19)17-13(20)16-10/h1-4,10H,5-7H2,(H,15,18)(H2,16,17,19,20). The normalized spacial score (nSPS) is 17.6. The summed E-state index contributed by atoms with van der Waals surface area (Å²) in [6.07, 6.45) is 0.667. The molecule has 1 heterocycles. The van der Waals surface area contributed by atoms with E-state index < -0.39 is 18.0 Å². The third kappa shape index (κ3) is 4.06. The fourth-order valence-electron chi connectivity index (χ4n) is 1.86. The number of imide groups is 1. The van der Waals surface area contributed by atoms with Crippen molar-refractivity contribution in [2.45, 2.75) is 18.9 Å². The maximum absolute atomic E-state index is 11.6. The van der Waals surface area contributed by atoms with Gasteiger partial charge in [-0.15, -0.1) is 0 Å². The van der Waals surface area contributed by atoms with Crippen molar-refractivity contribution in [1.29, 1.82) is 0 Å². The van der Waals surface area contributed by atoms with Crippen LogP contribution in [0.1, 0.15) is 12.0 Å². The molecule has 20 heavy (non-hydrogen) atoms. The molecule has 1 aliphatic heterocycles. The third-order valence-corrected chi connectivity index (χ3v) is 3.43. The Balaban J connectivity index is 1.71. The summed E-state index contributed by atoms with van der Waals surface area (Å²) in [6, 6.07) is 6.50. The highest BCUT2D eigenvalue weighted by Crippen LogP contribution is 2.10. The number of carbonyl (C=O) groups is 3. The molecule has 3 N–H and O–H groups in total. The van der Waals surface area contributed by atoms with Gasteiger partial charge in [-0.3, -0.25) is 14.9 Å². The number of nitrogens with one attached hydrogen (secondary N) is 3. The number of halogens is 1. The summed E-state index contributed by atoms with van der Waals surface area (Å²) in [7, 11) is 0. The molecule has 1 aliphatic rings. The molecule has 1 fully saturated rings. The van der Waals surface area contributed by atoms with Crippen LogP contribution in [0.15, 0.2) is 28.7 Å². The van der Waals surface area contributed by atoms with Crippen LogP contribution < -0.4 is 16.0 Å². The van der Waals surface area contributed by atoms with Gasteiger partial charge in [0.1, 0.15) is 6.04 Å². The number of hydrogen-bond donors (Lipinski definition) is 3. The molecule has 1 saturated heterocycles. The second kappa shape index (κ2) is 6.51. The molecule has 0 spiro atoms. The van der Waals surface area contributed by atoms with Crippen molar-refractivity contribution in [3.05, 3.63) is 34.3 Å². The van der Waals surface area contributed by atoms with Crippen molar-refractivity contribution in [1.82, 2.24) is 16.0 Å². The van der Waals surface area contributed by atoms with E-state index in [-0.39, 0.29) is 12.3 Å². The fourth-order valence-corrected chi connectivity index (χ4v) is 2.12. The highest BCUT2D eigenvalue weighted by molar-refractivity contribution is 9.10. The van der Waals surface area contributed by atoms with Crippen LogP contribution in [0.2, 0.25) is 0 Å². The van der Waals surface area contributed by atoms with Gasteiger partial charge in [0.15, 0.2) is 0 Å². The van der Waals surface area contributed by atoms with Crippen molar-refractivity contribution in [3.63, 3.8) is 0 Å². The first-order valence-electron chi connectivity index (χ1n) is 6.17. The largest absolute Gasteiger partial charge is 0.356 e. The molecule has 7 heteroatoms. The Bertz CT molecular complexity index is 530. The summed E-state index contributed by atoms with van der Waals surface area (Å²) >= 11 is 3.35. The van der Waals surface area contributed by atoms with Gasteiger partial charge in [0, 0.05) is 11.0 Å². The molecule has 0 aliphatic carbocycles. The molecule has 0 aromatic heterocycles. The van der Waals surface area contributed by atoms with Crippen LogP contribution in [0.25, 0.3) is 0 Å². The lowest BCUT2D eigenvalue weighted by Gasteiger charge is -2.08. The highest BCUT2D eigenvalue weighted by atomic mass is 79.9. The minimum atomic E-state index is -0.768. The van der Waals surface area contributed by atoms with Crippen LogP contribution in [-0.2, 0) is 16.0 Å². The second-order valence-corrected chi connectivity index (χ2v) is 5.36. The molecule has 4 amide bonds. The highest BCUT2D eigenvalue weighted by Gasteiger charge is 2.30. The minimum Gasteiger partial charge on any atom is -0.356 e. The summed E-state index contributed by atoms with van der Waals surface area (Å²) < 4.78 is 1.01. The SMILES string of the molecule is O=C(CC1NC(=O)NC1=O)NCCc1ccc(Br)cc1. The van der Waals surface area contributed by atoms with E-state index in [0.29, 0.717) is 13.0 Å². The maximum atomic E-state index is 11.6. The van der Waals surface area contributed by atoms with E-state index in [4.69, 9.17) is 0 Å². The van der Waals surface area contributed by atoms with E-state index in [1.165, 1.54) is 0 Å². The Morgan fingerprint density at radius 3 is 2.55 bits per heavy atom. The Morgan fingerprint density at radius 1 is 1.25 bits per heavy atom. The molecular weight excluding hydrogens is 326 g/mol. The van der Waals surface area contributed by atoms with E-state index >= 15 is 0 Å². The molecule has 0 saturated carbocycles. The van der Waals surface area contributed by atoms with Gasteiger partial charge in [-0.05, 0) is 24.1 Å². The average molecular weight is 340 g/mol. The first kappa shape index (κ1) is 14.5. The Hall–Kier alpha value is -1.89. The van der Waals surface area contributed by atoms with Gasteiger partial charge >= 0.3 is 6.03 Å². The third-order valence-electron chi connectivity index (χ3n) is 2.90. The molecule has 106 valence electrons. The van der Waals surface area contributed by atoms with E-state index in [1.807, 2.05) is 24.3 Å². The first-order chi connectivity index (χ1) is 9.54. The zero-order chi connectivity index (χ0) is 14.5. The van der Waals surface area contributed by atoms with Crippen molar-refractivity contribution in [3.8, 4) is 0 Å². The summed E-state index contributed by atoms with van der Waals surface area (Å²) in [5.41, 5.74) is 1.11. The predicted molar refractivity (Wildman–Crippen MR) is 75.9 cm³/mol. The lowest BCUT2D eigenvalue weighted by molar-refractivity contribution is -0.126. The van der Waals surface area contributed by atoms with Crippen molar-refractivity contribution in [2.75, 3.05) is 6.54 Å². The number of amides is 4. The lowest BCUT2D eigenvalue weighted by atomic mass is 10.1. The van der Waals surface area contributed by atoms with E-state index in [9.17, 15) is 14.4 Å². The average Bonchev–Trinajstić information content (AvgIpc) is 2.70. The van der Waals surface area contributed by atoms with Crippen LogP contribution in [0.3, 0.4) is 0 Å². The smallest absolute Gasteiger partial charge is 0.322 e. The fraction of sp³-hybridized carbons (Fsp3) is 0.308. The summed E-state index contributed by atoms with van der Waals surface area (Å²) in [4.78, 5) is 33.8. The monoisotopic (exact) mass is 339 g/mol. The number of urea groups is 1. The molecule has 1 aromatic carbocycles. The van der Waals surface area contributed by atoms with Gasteiger partial charge in [-0.1, -0.05) is 28.1 Å². The van der Waals surface area contributed by atoms with Gasteiger partial charge in [0.2, 0.25) is 5.91 Å². The number of hydrogen-bond acceptors (Lipinski definition) is 3. The quantitative estimate of drug-likeness (QED) is 0.690. The van der Waals surface area contributed by atoms with E-state index in [2.05, 4.69) is 31.9 Å². The van der Waals surface area contributed by atoms with Gasteiger partial charge < -0.3 is 10.6 Å². The van der Waals surface area contributed by atoms with Gasteiger partial charge in [0.25, 0.3) is 5.91 Å². The van der Waals surface area contributed by atoms with Gasteiger partial charge in [-0.25, -0.2) is 4.79 Å². The van der Waals surface area contributed by atoms with Crippen LogP contribution >= 0.6 is 15.9 Å². The Labute approximate surface area is 124 Å². The summed E-state index contributed by atoms with van der Waals surface area (Å²) in [5.74, 6) is -0.720. The lowest BCUT2D eigenvalue weighted by Crippen LogP contribution is -2.36. The molecule has 6 nitrogen and oxygen atoms in total. The van der Waals surface area contributed by atoms with Crippen LogP contribution in [-0.4, -0.2) is 30.4 Å². The van der Waals surface area contributed by atoms with E-state index in [0.717, 1.165) is 10.0 Å². The number of carbonyl (C=O) groups excluding carboxylic acids is 3. The molecule has 0 radical (unpaired) electrons. The van der Waals surface area contributed by atoms with Crippen LogP contribution in [0.5, 0.6) is 0 Å². The molecule has 0 bridgehead atoms. The van der Waals surface area contributed by atoms with Crippen molar-refractivity contribution >= 4 is 33.8 Å². The van der Waals surface area contributed by atoms with Crippen LogP contribution in [0, 0.1) is 0 Å². The van der Waals surface area contributed by atoms with Crippen LogP contribution in [0.4, 0.5) is 4.79 Å². The minimum absolute atomic E-state index is 0.0437. The molecular formula is C13H14BrN3O3. The van der Waals surface area contributed by atoms with Gasteiger partial charge in [0.05, 0.1) is 6.42 Å². The van der Waals surface area contributed by atoms with Crippen molar-refractivity contribution < 1.29 is 14.4 Å². The second-order valence-electron chi connectivity index (χ2n) is 4.45. The van der Waals surface area contributed by atoms with Gasteiger partial charge in [-0.2, -0.15) is 0 Å².